The molecule has 1 unspecified atom stereocenters. The van der Waals surface area contributed by atoms with Crippen molar-refractivity contribution in [2.24, 2.45) is 10.8 Å². The van der Waals surface area contributed by atoms with Gasteiger partial charge in [0.2, 0.25) is 0 Å². The number of anilines is 2. The van der Waals surface area contributed by atoms with Crippen LogP contribution < -0.4 is 16.4 Å². The van der Waals surface area contributed by atoms with E-state index in [2.05, 4.69) is 10.6 Å². The lowest BCUT2D eigenvalue weighted by molar-refractivity contribution is 0.120. The molecule has 5 nitrogen and oxygen atoms in total. The number of hydrogen-bond donors (Lipinski definition) is 4. The summed E-state index contributed by atoms with van der Waals surface area (Å²) in [5.41, 5.74) is 7.01. The largest absolute Gasteiger partial charge is 0.465 e. The summed E-state index contributed by atoms with van der Waals surface area (Å²) in [4.78, 5) is 11.1. The molecule has 0 aliphatic heterocycles. The molecule has 0 bridgehead atoms. The molecule has 1 rings (SSSR count). The number of para-hydroxylation sites is 2. The predicted molar refractivity (Wildman–Crippen MR) is 87.5 cm³/mol. The van der Waals surface area contributed by atoms with Crippen LogP contribution in [0.4, 0.5) is 16.2 Å². The lowest BCUT2D eigenvalue weighted by atomic mass is 9.71. The first-order valence-electron chi connectivity index (χ1n) is 7.12. The first-order valence-corrected chi connectivity index (χ1v) is 7.12. The molecule has 0 aromatic heterocycles. The Balaban J connectivity index is 2.86. The quantitative estimate of drug-likeness (QED) is 0.627. The maximum absolute atomic E-state index is 11.1. The highest BCUT2D eigenvalue weighted by Gasteiger charge is 2.39. The topological polar surface area (TPSA) is 87.4 Å². The van der Waals surface area contributed by atoms with Crippen molar-refractivity contribution >= 4 is 17.5 Å². The van der Waals surface area contributed by atoms with Gasteiger partial charge in [-0.05, 0) is 17.5 Å². The van der Waals surface area contributed by atoms with Gasteiger partial charge in [-0.1, -0.05) is 46.8 Å². The molecule has 1 atom stereocenters. The zero-order chi connectivity index (χ0) is 16.3. The molecule has 21 heavy (non-hydrogen) atoms. The van der Waals surface area contributed by atoms with Gasteiger partial charge in [-0.15, -0.1) is 0 Å². The van der Waals surface area contributed by atoms with Crippen LogP contribution in [0.3, 0.4) is 0 Å². The van der Waals surface area contributed by atoms with E-state index >= 15 is 0 Å². The van der Waals surface area contributed by atoms with E-state index in [-0.39, 0.29) is 16.9 Å². The number of benzene rings is 1. The molecular formula is C16H27N3O2. The van der Waals surface area contributed by atoms with Gasteiger partial charge >= 0.3 is 6.09 Å². The summed E-state index contributed by atoms with van der Waals surface area (Å²) in [6.45, 7) is 10.8. The second kappa shape index (κ2) is 6.24. The van der Waals surface area contributed by atoms with E-state index in [9.17, 15) is 4.79 Å². The molecule has 0 aliphatic rings. The molecule has 0 fully saturated rings. The molecule has 0 spiro atoms. The number of carboxylic acid groups (broad SMARTS) is 1. The average Bonchev–Trinajstić information content (AvgIpc) is 2.33. The normalized spacial score (nSPS) is 13.6. The Labute approximate surface area is 126 Å². The number of hydrogen-bond acceptors (Lipinski definition) is 3. The van der Waals surface area contributed by atoms with Gasteiger partial charge in [-0.3, -0.25) is 0 Å². The van der Waals surface area contributed by atoms with E-state index in [4.69, 9.17) is 10.8 Å². The summed E-state index contributed by atoms with van der Waals surface area (Å²) >= 11 is 0. The third kappa shape index (κ3) is 4.85. The van der Waals surface area contributed by atoms with Crippen LogP contribution in [0, 0.1) is 10.8 Å². The minimum atomic E-state index is -0.998. The second-order valence-electron chi connectivity index (χ2n) is 7.18. The number of nitrogen functional groups attached to an aromatic ring is 1. The fourth-order valence-corrected chi connectivity index (χ4v) is 2.79. The number of nitrogens with two attached hydrogens (primary N) is 1. The van der Waals surface area contributed by atoms with Crippen LogP contribution in [0.25, 0.3) is 0 Å². The van der Waals surface area contributed by atoms with E-state index in [0.29, 0.717) is 12.2 Å². The Morgan fingerprint density at radius 3 is 2.29 bits per heavy atom. The zero-order valence-corrected chi connectivity index (χ0v) is 13.5. The summed E-state index contributed by atoms with van der Waals surface area (Å²) in [6, 6.07) is 7.37. The molecule has 5 N–H and O–H groups in total. The third-order valence-electron chi connectivity index (χ3n) is 3.61. The van der Waals surface area contributed by atoms with Gasteiger partial charge in [0, 0.05) is 18.0 Å². The highest BCUT2D eigenvalue weighted by Crippen LogP contribution is 2.34. The van der Waals surface area contributed by atoms with Crippen molar-refractivity contribution in [2.45, 2.75) is 40.7 Å². The standard InChI is InChI=1S/C16H27N3O2/c1-15(2,3)13(19-14(20)21)16(4,5)10-18-12-9-7-6-8-11(12)17/h6-9,13,18-19H,10,17H2,1-5H3,(H,20,21). The number of nitrogens with one attached hydrogen (secondary N) is 2. The lowest BCUT2D eigenvalue weighted by Gasteiger charge is -2.42. The van der Waals surface area contributed by atoms with Crippen molar-refractivity contribution in [1.82, 2.24) is 5.32 Å². The van der Waals surface area contributed by atoms with Crippen LogP contribution in [-0.4, -0.2) is 23.8 Å². The average molecular weight is 293 g/mol. The Morgan fingerprint density at radius 2 is 1.81 bits per heavy atom. The first-order chi connectivity index (χ1) is 9.54. The smallest absolute Gasteiger partial charge is 0.404 e. The number of carbonyl (C=O) groups is 1. The van der Waals surface area contributed by atoms with E-state index in [1.807, 2.05) is 58.9 Å². The number of rotatable bonds is 5. The van der Waals surface area contributed by atoms with Gasteiger partial charge in [0.25, 0.3) is 0 Å². The second-order valence-corrected chi connectivity index (χ2v) is 7.18. The van der Waals surface area contributed by atoms with E-state index in [0.717, 1.165) is 5.69 Å². The minimum Gasteiger partial charge on any atom is -0.465 e. The molecule has 0 saturated carbocycles. The van der Waals surface area contributed by atoms with Crippen LogP contribution in [-0.2, 0) is 0 Å². The Morgan fingerprint density at radius 1 is 1.24 bits per heavy atom. The molecule has 118 valence electrons. The molecule has 0 radical (unpaired) electrons. The summed E-state index contributed by atoms with van der Waals surface area (Å²) in [7, 11) is 0. The first kappa shape index (κ1) is 17.1. The maximum Gasteiger partial charge on any atom is 0.404 e. The predicted octanol–water partition coefficient (Wildman–Crippen LogP) is 3.39. The minimum absolute atomic E-state index is 0.189. The molecule has 5 heteroatoms. The monoisotopic (exact) mass is 293 g/mol. The lowest BCUT2D eigenvalue weighted by Crippen LogP contribution is -2.54. The summed E-state index contributed by atoms with van der Waals surface area (Å²) in [5.74, 6) is 0. The highest BCUT2D eigenvalue weighted by molar-refractivity contribution is 5.66. The highest BCUT2D eigenvalue weighted by atomic mass is 16.4. The van der Waals surface area contributed by atoms with Gasteiger partial charge in [0.05, 0.1) is 11.4 Å². The summed E-state index contributed by atoms with van der Waals surface area (Å²) in [6.07, 6.45) is -0.998. The fraction of sp³-hybridized carbons (Fsp3) is 0.562. The Hall–Kier alpha value is -1.91. The SMILES string of the molecule is CC(C)(C)C(NC(=O)O)C(C)(C)CNc1ccccc1N. The summed E-state index contributed by atoms with van der Waals surface area (Å²) in [5, 5.41) is 15.1. The maximum atomic E-state index is 11.1. The van der Waals surface area contributed by atoms with Crippen LogP contribution >= 0.6 is 0 Å². The van der Waals surface area contributed by atoms with E-state index in [1.54, 1.807) is 0 Å². The van der Waals surface area contributed by atoms with Gasteiger partial charge in [0.1, 0.15) is 0 Å². The zero-order valence-electron chi connectivity index (χ0n) is 13.5. The van der Waals surface area contributed by atoms with Crippen LogP contribution in [0.15, 0.2) is 24.3 Å². The molecular weight excluding hydrogens is 266 g/mol. The van der Waals surface area contributed by atoms with Crippen molar-refractivity contribution in [3.05, 3.63) is 24.3 Å². The third-order valence-corrected chi connectivity index (χ3v) is 3.61. The van der Waals surface area contributed by atoms with Crippen molar-refractivity contribution in [2.75, 3.05) is 17.6 Å². The van der Waals surface area contributed by atoms with Gasteiger partial charge in [-0.25, -0.2) is 4.79 Å². The van der Waals surface area contributed by atoms with Gasteiger partial charge in [-0.2, -0.15) is 0 Å². The van der Waals surface area contributed by atoms with E-state index < -0.39 is 6.09 Å². The fourth-order valence-electron chi connectivity index (χ4n) is 2.79. The van der Waals surface area contributed by atoms with Crippen LogP contribution in [0.5, 0.6) is 0 Å². The molecule has 1 aromatic rings. The Bertz CT molecular complexity index is 493. The van der Waals surface area contributed by atoms with Crippen LogP contribution in [0.1, 0.15) is 34.6 Å². The van der Waals surface area contributed by atoms with Crippen LogP contribution in [0.2, 0.25) is 0 Å². The molecule has 1 amide bonds. The van der Waals surface area contributed by atoms with Gasteiger partial charge in [0.15, 0.2) is 0 Å². The van der Waals surface area contributed by atoms with Crippen molar-refractivity contribution in [3.63, 3.8) is 0 Å². The molecule has 0 saturated heterocycles. The van der Waals surface area contributed by atoms with Crippen molar-refractivity contribution < 1.29 is 9.90 Å². The summed E-state index contributed by atoms with van der Waals surface area (Å²) < 4.78 is 0. The number of amides is 1. The van der Waals surface area contributed by atoms with Crippen molar-refractivity contribution in [3.8, 4) is 0 Å². The molecule has 0 heterocycles. The van der Waals surface area contributed by atoms with E-state index in [1.165, 1.54) is 0 Å². The van der Waals surface area contributed by atoms with Crippen molar-refractivity contribution in [1.29, 1.82) is 0 Å². The molecule has 0 aliphatic carbocycles. The molecule has 1 aromatic carbocycles. The van der Waals surface area contributed by atoms with Gasteiger partial charge < -0.3 is 21.5 Å². The Kier molecular flexibility index (Phi) is 5.10.